The summed E-state index contributed by atoms with van der Waals surface area (Å²) >= 11 is 3.50. The highest BCUT2D eigenvalue weighted by atomic mass is 79.9. The van der Waals surface area contributed by atoms with E-state index in [9.17, 15) is 0 Å². The van der Waals surface area contributed by atoms with Crippen LogP contribution in [0.3, 0.4) is 0 Å². The zero-order valence-electron chi connectivity index (χ0n) is 10.8. The van der Waals surface area contributed by atoms with Gasteiger partial charge in [-0.25, -0.2) is 0 Å². The van der Waals surface area contributed by atoms with Crippen LogP contribution in [0.25, 0.3) is 0 Å². The van der Waals surface area contributed by atoms with E-state index in [4.69, 9.17) is 9.47 Å². The van der Waals surface area contributed by atoms with Gasteiger partial charge in [0.25, 0.3) is 0 Å². The largest absolute Gasteiger partial charge is 0.497 e. The van der Waals surface area contributed by atoms with Crippen LogP contribution in [-0.2, 0) is 4.74 Å². The number of hydrogen-bond acceptors (Lipinski definition) is 2. The van der Waals surface area contributed by atoms with Crippen molar-refractivity contribution in [3.63, 3.8) is 0 Å². The molecule has 0 radical (unpaired) electrons. The number of hydrogen-bond donors (Lipinski definition) is 0. The maximum atomic E-state index is 5.87. The second-order valence-electron chi connectivity index (χ2n) is 4.47. The highest BCUT2D eigenvalue weighted by molar-refractivity contribution is 9.09. The van der Waals surface area contributed by atoms with Crippen LogP contribution < -0.4 is 4.74 Å². The first-order chi connectivity index (χ1) is 8.17. The van der Waals surface area contributed by atoms with E-state index in [-0.39, 0.29) is 6.10 Å². The van der Waals surface area contributed by atoms with E-state index in [1.165, 1.54) is 5.56 Å². The zero-order valence-corrected chi connectivity index (χ0v) is 12.4. The van der Waals surface area contributed by atoms with Gasteiger partial charge in [-0.2, -0.15) is 0 Å². The summed E-state index contributed by atoms with van der Waals surface area (Å²) in [4.78, 5) is 0. The van der Waals surface area contributed by atoms with Gasteiger partial charge in [-0.15, -0.1) is 0 Å². The molecule has 0 saturated carbocycles. The van der Waals surface area contributed by atoms with Crippen molar-refractivity contribution in [2.45, 2.75) is 26.4 Å². The standard InChI is InChI=1S/C14H21BrO2/c1-11(2)8-9-17-14(10-15)12-4-6-13(16-3)7-5-12/h4-7,11,14H,8-10H2,1-3H3. The molecule has 0 N–H and O–H groups in total. The van der Waals surface area contributed by atoms with E-state index < -0.39 is 0 Å². The molecule has 17 heavy (non-hydrogen) atoms. The lowest BCUT2D eigenvalue weighted by Gasteiger charge is -2.17. The molecule has 0 aliphatic carbocycles. The first kappa shape index (κ1) is 14.5. The molecule has 0 amide bonds. The molecule has 0 bridgehead atoms. The third-order valence-electron chi connectivity index (χ3n) is 2.64. The minimum atomic E-state index is 0.125. The Morgan fingerprint density at radius 3 is 2.29 bits per heavy atom. The smallest absolute Gasteiger partial charge is 0.118 e. The molecule has 0 fully saturated rings. The number of rotatable bonds is 7. The summed E-state index contributed by atoms with van der Waals surface area (Å²) in [6.45, 7) is 5.22. The molecular weight excluding hydrogens is 280 g/mol. The fourth-order valence-electron chi connectivity index (χ4n) is 1.49. The quantitative estimate of drug-likeness (QED) is 0.703. The summed E-state index contributed by atoms with van der Waals surface area (Å²) < 4.78 is 11.0. The lowest BCUT2D eigenvalue weighted by atomic mass is 10.1. The van der Waals surface area contributed by atoms with Crippen LogP contribution >= 0.6 is 15.9 Å². The first-order valence-electron chi connectivity index (χ1n) is 5.99. The normalized spacial score (nSPS) is 12.8. The Bertz CT molecular complexity index is 309. The van der Waals surface area contributed by atoms with Gasteiger partial charge in [-0.05, 0) is 30.0 Å². The Labute approximate surface area is 112 Å². The highest BCUT2D eigenvalue weighted by Crippen LogP contribution is 2.23. The SMILES string of the molecule is COc1ccc(C(CBr)OCCC(C)C)cc1. The molecule has 1 rings (SSSR count). The van der Waals surface area contributed by atoms with E-state index in [0.29, 0.717) is 5.92 Å². The van der Waals surface area contributed by atoms with Crippen LogP contribution in [0.5, 0.6) is 5.75 Å². The van der Waals surface area contributed by atoms with Crippen molar-refractivity contribution >= 4 is 15.9 Å². The Morgan fingerprint density at radius 2 is 1.82 bits per heavy atom. The fourth-order valence-corrected chi connectivity index (χ4v) is 2.06. The summed E-state index contributed by atoms with van der Waals surface area (Å²) in [7, 11) is 1.68. The Hall–Kier alpha value is -0.540. The second kappa shape index (κ2) is 7.72. The molecule has 1 aromatic rings. The average Bonchev–Trinajstić information content (AvgIpc) is 2.34. The molecule has 1 aromatic carbocycles. The molecule has 1 atom stereocenters. The predicted octanol–water partition coefficient (Wildman–Crippen LogP) is 4.19. The Balaban J connectivity index is 2.53. The van der Waals surface area contributed by atoms with Crippen molar-refractivity contribution in [2.24, 2.45) is 5.92 Å². The monoisotopic (exact) mass is 300 g/mol. The molecule has 0 spiro atoms. The number of ether oxygens (including phenoxy) is 2. The van der Waals surface area contributed by atoms with Crippen LogP contribution in [-0.4, -0.2) is 19.0 Å². The van der Waals surface area contributed by atoms with Gasteiger partial charge in [0, 0.05) is 11.9 Å². The molecule has 0 heterocycles. The maximum Gasteiger partial charge on any atom is 0.118 e. The van der Waals surface area contributed by atoms with Gasteiger partial charge in [0.05, 0.1) is 13.2 Å². The minimum absolute atomic E-state index is 0.125. The Kier molecular flexibility index (Phi) is 6.60. The number of methoxy groups -OCH3 is 1. The van der Waals surface area contributed by atoms with E-state index >= 15 is 0 Å². The molecule has 0 aliphatic rings. The van der Waals surface area contributed by atoms with Crippen molar-refractivity contribution in [2.75, 3.05) is 19.0 Å². The van der Waals surface area contributed by atoms with Crippen LogP contribution in [0.4, 0.5) is 0 Å². The van der Waals surface area contributed by atoms with Gasteiger partial charge in [-0.1, -0.05) is 41.9 Å². The van der Waals surface area contributed by atoms with Crippen LogP contribution in [0.1, 0.15) is 31.9 Å². The zero-order chi connectivity index (χ0) is 12.7. The first-order valence-corrected chi connectivity index (χ1v) is 7.11. The third-order valence-corrected chi connectivity index (χ3v) is 3.23. The second-order valence-corrected chi connectivity index (χ2v) is 5.12. The van der Waals surface area contributed by atoms with Gasteiger partial charge in [0.2, 0.25) is 0 Å². The Morgan fingerprint density at radius 1 is 1.18 bits per heavy atom. The van der Waals surface area contributed by atoms with Crippen molar-refractivity contribution in [3.8, 4) is 5.75 Å². The minimum Gasteiger partial charge on any atom is -0.497 e. The van der Waals surface area contributed by atoms with Crippen molar-refractivity contribution in [3.05, 3.63) is 29.8 Å². The molecule has 2 nitrogen and oxygen atoms in total. The summed E-state index contributed by atoms with van der Waals surface area (Å²) in [6, 6.07) is 8.05. The lowest BCUT2D eigenvalue weighted by molar-refractivity contribution is 0.0622. The third kappa shape index (κ3) is 5.09. The molecule has 1 unspecified atom stereocenters. The summed E-state index contributed by atoms with van der Waals surface area (Å²) in [5.74, 6) is 1.56. The maximum absolute atomic E-state index is 5.87. The summed E-state index contributed by atoms with van der Waals surface area (Å²) in [5.41, 5.74) is 1.19. The number of alkyl halides is 1. The van der Waals surface area contributed by atoms with Gasteiger partial charge in [0.15, 0.2) is 0 Å². The molecule has 0 aliphatic heterocycles. The van der Waals surface area contributed by atoms with Gasteiger partial charge < -0.3 is 9.47 Å². The van der Waals surface area contributed by atoms with Gasteiger partial charge in [-0.3, -0.25) is 0 Å². The predicted molar refractivity (Wildman–Crippen MR) is 74.9 cm³/mol. The van der Waals surface area contributed by atoms with E-state index in [2.05, 4.69) is 41.9 Å². The van der Waals surface area contributed by atoms with Crippen molar-refractivity contribution < 1.29 is 9.47 Å². The average molecular weight is 301 g/mol. The van der Waals surface area contributed by atoms with Crippen molar-refractivity contribution in [1.29, 1.82) is 0 Å². The van der Waals surface area contributed by atoms with Gasteiger partial charge in [0.1, 0.15) is 5.75 Å². The van der Waals surface area contributed by atoms with Crippen LogP contribution in [0.15, 0.2) is 24.3 Å². The highest BCUT2D eigenvalue weighted by Gasteiger charge is 2.10. The summed E-state index contributed by atoms with van der Waals surface area (Å²) in [5, 5.41) is 0.817. The van der Waals surface area contributed by atoms with Gasteiger partial charge >= 0.3 is 0 Å². The van der Waals surface area contributed by atoms with E-state index in [0.717, 1.165) is 24.1 Å². The molecule has 3 heteroatoms. The van der Waals surface area contributed by atoms with E-state index in [1.807, 2.05) is 12.1 Å². The van der Waals surface area contributed by atoms with E-state index in [1.54, 1.807) is 7.11 Å². The molecule has 0 aromatic heterocycles. The van der Waals surface area contributed by atoms with Crippen LogP contribution in [0.2, 0.25) is 0 Å². The molecular formula is C14H21BrO2. The lowest BCUT2D eigenvalue weighted by Crippen LogP contribution is -2.08. The molecule has 0 saturated heterocycles. The fraction of sp³-hybridized carbons (Fsp3) is 0.571. The number of benzene rings is 1. The summed E-state index contributed by atoms with van der Waals surface area (Å²) in [6.07, 6.45) is 1.22. The van der Waals surface area contributed by atoms with Crippen molar-refractivity contribution in [1.82, 2.24) is 0 Å². The van der Waals surface area contributed by atoms with Crippen LogP contribution in [0, 0.1) is 5.92 Å². The topological polar surface area (TPSA) is 18.5 Å². The number of halogens is 1. The molecule has 96 valence electrons.